The first-order chi connectivity index (χ1) is 8.61. The molecular formula is C14H20N2OS. The van der Waals surface area contributed by atoms with E-state index in [0.29, 0.717) is 16.9 Å². The molecule has 0 radical (unpaired) electrons. The summed E-state index contributed by atoms with van der Waals surface area (Å²) < 4.78 is 0. The number of nitrogens with one attached hydrogen (secondary N) is 1. The lowest BCUT2D eigenvalue weighted by Gasteiger charge is -2.19. The van der Waals surface area contributed by atoms with Crippen molar-refractivity contribution < 1.29 is 4.79 Å². The lowest BCUT2D eigenvalue weighted by molar-refractivity contribution is 0.0938. The van der Waals surface area contributed by atoms with Gasteiger partial charge in [0.2, 0.25) is 0 Å². The molecular weight excluding hydrogens is 244 g/mol. The highest BCUT2D eigenvalue weighted by atomic mass is 32.2. The maximum Gasteiger partial charge on any atom is 0.251 e. The summed E-state index contributed by atoms with van der Waals surface area (Å²) in [6, 6.07) is 5.75. The molecule has 0 heterocycles. The molecule has 98 valence electrons. The first-order valence-electron chi connectivity index (χ1n) is 6.31. The van der Waals surface area contributed by atoms with E-state index in [2.05, 4.69) is 11.6 Å². The Morgan fingerprint density at radius 1 is 1.44 bits per heavy atom. The maximum atomic E-state index is 12.2. The number of aryl methyl sites for hydroxylation is 1. The molecule has 0 spiro atoms. The molecule has 0 saturated heterocycles. The summed E-state index contributed by atoms with van der Waals surface area (Å²) in [4.78, 5) is 12.2. The van der Waals surface area contributed by atoms with E-state index in [0.717, 1.165) is 17.7 Å². The fraction of sp³-hybridized carbons (Fsp3) is 0.500. The molecule has 1 amide bonds. The van der Waals surface area contributed by atoms with E-state index >= 15 is 0 Å². The van der Waals surface area contributed by atoms with Gasteiger partial charge < -0.3 is 11.1 Å². The van der Waals surface area contributed by atoms with Gasteiger partial charge in [-0.1, -0.05) is 6.42 Å². The van der Waals surface area contributed by atoms with Gasteiger partial charge in [-0.3, -0.25) is 4.79 Å². The number of rotatable bonds is 3. The quantitative estimate of drug-likeness (QED) is 0.825. The average molecular weight is 264 g/mol. The van der Waals surface area contributed by atoms with Crippen LogP contribution in [0, 0.1) is 6.92 Å². The Morgan fingerprint density at radius 2 is 2.22 bits per heavy atom. The number of amides is 1. The van der Waals surface area contributed by atoms with E-state index in [4.69, 9.17) is 5.73 Å². The monoisotopic (exact) mass is 264 g/mol. The Hall–Kier alpha value is -1.16. The predicted molar refractivity (Wildman–Crippen MR) is 78.0 cm³/mol. The van der Waals surface area contributed by atoms with Gasteiger partial charge in [0, 0.05) is 22.5 Å². The fourth-order valence-electron chi connectivity index (χ4n) is 2.44. The molecule has 1 aromatic rings. The summed E-state index contributed by atoms with van der Waals surface area (Å²) in [5, 5.41) is 3.70. The highest BCUT2D eigenvalue weighted by Crippen LogP contribution is 2.28. The molecule has 0 bridgehead atoms. The number of nitrogen functional groups attached to an aromatic ring is 1. The second-order valence-electron chi connectivity index (χ2n) is 4.86. The van der Waals surface area contributed by atoms with Gasteiger partial charge in [0.25, 0.3) is 5.91 Å². The van der Waals surface area contributed by atoms with Gasteiger partial charge in [-0.2, -0.15) is 11.8 Å². The maximum absolute atomic E-state index is 12.2. The minimum atomic E-state index is 0.0176. The lowest BCUT2D eigenvalue weighted by atomic mass is 10.1. The molecule has 1 saturated carbocycles. The van der Waals surface area contributed by atoms with Crippen molar-refractivity contribution in [3.63, 3.8) is 0 Å². The molecule has 2 atom stereocenters. The van der Waals surface area contributed by atoms with Gasteiger partial charge in [0.15, 0.2) is 0 Å². The van der Waals surface area contributed by atoms with E-state index in [1.165, 1.54) is 12.8 Å². The smallest absolute Gasteiger partial charge is 0.251 e. The molecule has 0 aromatic heterocycles. The second kappa shape index (κ2) is 5.65. The minimum Gasteiger partial charge on any atom is -0.399 e. The fourth-order valence-corrected chi connectivity index (χ4v) is 3.38. The zero-order valence-corrected chi connectivity index (χ0v) is 11.7. The first-order valence-corrected chi connectivity index (χ1v) is 7.60. The van der Waals surface area contributed by atoms with Crippen LogP contribution in [0.4, 0.5) is 5.69 Å². The first kappa shape index (κ1) is 13.3. The minimum absolute atomic E-state index is 0.0176. The Labute approximate surface area is 113 Å². The van der Waals surface area contributed by atoms with Crippen molar-refractivity contribution >= 4 is 23.4 Å². The molecule has 18 heavy (non-hydrogen) atoms. The Bertz CT molecular complexity index is 447. The van der Waals surface area contributed by atoms with Gasteiger partial charge in [-0.15, -0.1) is 0 Å². The van der Waals surface area contributed by atoms with Crippen molar-refractivity contribution in [1.29, 1.82) is 0 Å². The van der Waals surface area contributed by atoms with E-state index < -0.39 is 0 Å². The normalized spacial score (nSPS) is 23.0. The van der Waals surface area contributed by atoms with E-state index in [9.17, 15) is 4.79 Å². The van der Waals surface area contributed by atoms with Gasteiger partial charge >= 0.3 is 0 Å². The molecule has 2 unspecified atom stereocenters. The molecule has 1 aliphatic carbocycles. The van der Waals surface area contributed by atoms with E-state index in [1.807, 2.05) is 24.8 Å². The van der Waals surface area contributed by atoms with Gasteiger partial charge in [-0.05, 0) is 49.8 Å². The van der Waals surface area contributed by atoms with Crippen LogP contribution in [0.15, 0.2) is 18.2 Å². The van der Waals surface area contributed by atoms with Gasteiger partial charge in [0.05, 0.1) is 0 Å². The van der Waals surface area contributed by atoms with E-state index in [-0.39, 0.29) is 5.91 Å². The third-order valence-corrected chi connectivity index (χ3v) is 4.77. The van der Waals surface area contributed by atoms with Crippen molar-refractivity contribution in [2.75, 3.05) is 12.0 Å². The standard InChI is InChI=1S/C14H20N2OS/c1-9-8-10(6-7-11(9)15)14(17)16-12-4-3-5-13(12)18-2/h6-8,12-13H,3-5,15H2,1-2H3,(H,16,17). The summed E-state index contributed by atoms with van der Waals surface area (Å²) in [6.45, 7) is 1.92. The van der Waals surface area contributed by atoms with Crippen LogP contribution in [0.25, 0.3) is 0 Å². The number of benzene rings is 1. The van der Waals surface area contributed by atoms with Gasteiger partial charge in [0.1, 0.15) is 0 Å². The zero-order valence-electron chi connectivity index (χ0n) is 10.9. The Morgan fingerprint density at radius 3 is 2.89 bits per heavy atom. The van der Waals surface area contributed by atoms with Crippen molar-refractivity contribution in [2.24, 2.45) is 0 Å². The Balaban J connectivity index is 2.05. The van der Waals surface area contributed by atoms with Crippen molar-refractivity contribution in [3.8, 4) is 0 Å². The van der Waals surface area contributed by atoms with Crippen LogP contribution in [-0.4, -0.2) is 23.5 Å². The molecule has 1 fully saturated rings. The second-order valence-corrected chi connectivity index (χ2v) is 5.93. The number of carbonyl (C=O) groups excluding carboxylic acids is 1. The number of carbonyl (C=O) groups is 1. The summed E-state index contributed by atoms with van der Waals surface area (Å²) in [7, 11) is 0. The topological polar surface area (TPSA) is 55.1 Å². The average Bonchev–Trinajstić information content (AvgIpc) is 2.79. The molecule has 4 heteroatoms. The van der Waals surface area contributed by atoms with Crippen LogP contribution in [0.5, 0.6) is 0 Å². The zero-order chi connectivity index (χ0) is 13.1. The van der Waals surface area contributed by atoms with Crippen LogP contribution in [0.1, 0.15) is 35.2 Å². The largest absolute Gasteiger partial charge is 0.399 e. The van der Waals surface area contributed by atoms with Crippen LogP contribution < -0.4 is 11.1 Å². The number of hydrogen-bond acceptors (Lipinski definition) is 3. The lowest BCUT2D eigenvalue weighted by Crippen LogP contribution is -2.38. The summed E-state index contributed by atoms with van der Waals surface area (Å²) >= 11 is 1.85. The van der Waals surface area contributed by atoms with Crippen LogP contribution in [0.2, 0.25) is 0 Å². The van der Waals surface area contributed by atoms with Crippen molar-refractivity contribution in [1.82, 2.24) is 5.32 Å². The van der Waals surface area contributed by atoms with Crippen LogP contribution in [-0.2, 0) is 0 Å². The summed E-state index contributed by atoms with van der Waals surface area (Å²) in [5.41, 5.74) is 8.15. The third-order valence-electron chi connectivity index (χ3n) is 3.60. The number of nitrogens with two attached hydrogens (primary N) is 1. The van der Waals surface area contributed by atoms with Gasteiger partial charge in [-0.25, -0.2) is 0 Å². The molecule has 1 aromatic carbocycles. The number of thioether (sulfide) groups is 1. The van der Waals surface area contributed by atoms with E-state index in [1.54, 1.807) is 12.1 Å². The molecule has 2 rings (SSSR count). The predicted octanol–water partition coefficient (Wildman–Crippen LogP) is 2.59. The number of anilines is 1. The SMILES string of the molecule is CSC1CCCC1NC(=O)c1ccc(N)c(C)c1. The van der Waals surface area contributed by atoms with Crippen LogP contribution in [0.3, 0.4) is 0 Å². The van der Waals surface area contributed by atoms with Crippen LogP contribution >= 0.6 is 11.8 Å². The summed E-state index contributed by atoms with van der Waals surface area (Å²) in [6.07, 6.45) is 5.61. The highest BCUT2D eigenvalue weighted by molar-refractivity contribution is 7.99. The summed E-state index contributed by atoms with van der Waals surface area (Å²) in [5.74, 6) is 0.0176. The highest BCUT2D eigenvalue weighted by Gasteiger charge is 2.27. The molecule has 1 aliphatic rings. The van der Waals surface area contributed by atoms with Crippen molar-refractivity contribution in [3.05, 3.63) is 29.3 Å². The molecule has 0 aliphatic heterocycles. The Kier molecular flexibility index (Phi) is 4.17. The molecule has 3 N–H and O–H groups in total. The van der Waals surface area contributed by atoms with Crippen molar-refractivity contribution in [2.45, 2.75) is 37.5 Å². The number of hydrogen-bond donors (Lipinski definition) is 2. The third kappa shape index (κ3) is 2.80. The molecule has 3 nitrogen and oxygen atoms in total.